The molecule has 0 fully saturated rings. The zero-order chi connectivity index (χ0) is 25.9. The SMILES string of the molecule is Cc1nc(N(C)C)cc(S(=O)(=O)O)n1.FC(F)(F)c1[c-]c(-c2ccccn2)cc(C(F)(F)F)c1.[Ir]. The number of aromatic nitrogens is 3. The van der Waals surface area contributed by atoms with Crippen molar-refractivity contribution >= 4 is 15.9 Å². The zero-order valence-electron chi connectivity index (χ0n) is 18.1. The molecule has 0 aliphatic rings. The number of hydrogen-bond donors (Lipinski definition) is 1. The van der Waals surface area contributed by atoms with Crippen LogP contribution in [0.2, 0.25) is 0 Å². The van der Waals surface area contributed by atoms with E-state index < -0.39 is 33.6 Å². The van der Waals surface area contributed by atoms with Crippen molar-refractivity contribution in [1.29, 1.82) is 0 Å². The Balaban J connectivity index is 0.000000362. The van der Waals surface area contributed by atoms with Crippen molar-refractivity contribution in [2.45, 2.75) is 24.3 Å². The van der Waals surface area contributed by atoms with Gasteiger partial charge in [-0.1, -0.05) is 12.1 Å². The van der Waals surface area contributed by atoms with Gasteiger partial charge in [0.05, 0.1) is 0 Å². The summed E-state index contributed by atoms with van der Waals surface area (Å²) in [6, 6.07) is 8.04. The molecule has 0 aliphatic carbocycles. The minimum absolute atomic E-state index is 0. The Bertz CT molecular complexity index is 1220. The van der Waals surface area contributed by atoms with Crippen LogP contribution in [0, 0.1) is 13.0 Å². The second kappa shape index (κ2) is 11.4. The molecule has 0 aliphatic heterocycles. The van der Waals surface area contributed by atoms with Crippen LogP contribution in [0.1, 0.15) is 17.0 Å². The molecule has 3 rings (SSSR count). The predicted octanol–water partition coefficient (Wildman–Crippen LogP) is 4.68. The number of nitrogens with zero attached hydrogens (tertiary/aromatic N) is 4. The number of aryl methyl sites for hydroxylation is 1. The van der Waals surface area contributed by atoms with Gasteiger partial charge < -0.3 is 9.88 Å². The molecule has 0 atom stereocenters. The number of anilines is 1. The first kappa shape index (κ1) is 30.4. The van der Waals surface area contributed by atoms with Gasteiger partial charge in [0.1, 0.15) is 11.6 Å². The molecule has 7 nitrogen and oxygen atoms in total. The fraction of sp³-hybridized carbons (Fsp3) is 0.250. The number of pyridine rings is 1. The monoisotopic (exact) mass is 700 g/mol. The van der Waals surface area contributed by atoms with E-state index in [0.717, 1.165) is 0 Å². The van der Waals surface area contributed by atoms with Crippen molar-refractivity contribution in [2.75, 3.05) is 19.0 Å². The Kier molecular flexibility index (Phi) is 9.92. The summed E-state index contributed by atoms with van der Waals surface area (Å²) in [7, 11) is -0.824. The van der Waals surface area contributed by atoms with Gasteiger partial charge in [-0.05, 0) is 29.8 Å². The molecule has 0 saturated carbocycles. The van der Waals surface area contributed by atoms with Gasteiger partial charge in [0.25, 0.3) is 0 Å². The van der Waals surface area contributed by atoms with Gasteiger partial charge in [-0.15, -0.1) is 23.8 Å². The molecule has 1 radical (unpaired) electrons. The zero-order valence-corrected chi connectivity index (χ0v) is 21.3. The first-order valence-corrected chi connectivity index (χ1v) is 10.6. The number of rotatable bonds is 3. The summed E-state index contributed by atoms with van der Waals surface area (Å²) in [5, 5.41) is -0.381. The molecule has 0 spiro atoms. The fourth-order valence-electron chi connectivity index (χ4n) is 2.43. The summed E-state index contributed by atoms with van der Waals surface area (Å²) in [5.74, 6) is 0.731. The van der Waals surface area contributed by atoms with Crippen molar-refractivity contribution in [3.05, 3.63) is 65.6 Å². The van der Waals surface area contributed by atoms with Gasteiger partial charge in [-0.2, -0.15) is 34.8 Å². The normalized spacial score (nSPS) is 11.7. The molecule has 0 bridgehead atoms. The largest absolute Gasteiger partial charge is 0.399 e. The standard InChI is InChI=1S/C13H6F6N.C7H11N3O3S.Ir/c14-12(15,16)9-5-8(11-3-1-2-4-20-11)6-10(7-9)13(17,18)19;1-5-8-6(10(2)3)4-7(9-5)14(11,12)13;/h1-5,7H;4H,1-3H3,(H,11,12,13);/q-1;;. The van der Waals surface area contributed by atoms with Crippen LogP contribution < -0.4 is 4.90 Å². The molecular formula is C20H17F6IrN4O3S-. The summed E-state index contributed by atoms with van der Waals surface area (Å²) in [5.41, 5.74) is -3.23. The van der Waals surface area contributed by atoms with Crippen molar-refractivity contribution in [3.63, 3.8) is 0 Å². The van der Waals surface area contributed by atoms with Gasteiger partial charge >= 0.3 is 22.5 Å². The van der Waals surface area contributed by atoms with Gasteiger partial charge in [0, 0.05) is 46.5 Å². The molecule has 2 aromatic heterocycles. The van der Waals surface area contributed by atoms with Crippen LogP contribution in [0.5, 0.6) is 0 Å². The molecule has 3 aromatic rings. The predicted molar refractivity (Wildman–Crippen MR) is 109 cm³/mol. The van der Waals surface area contributed by atoms with Crippen LogP contribution in [-0.4, -0.2) is 42.0 Å². The molecule has 0 amide bonds. The van der Waals surface area contributed by atoms with E-state index in [1.165, 1.54) is 30.5 Å². The van der Waals surface area contributed by atoms with E-state index in [2.05, 4.69) is 15.0 Å². The summed E-state index contributed by atoms with van der Waals surface area (Å²) in [4.78, 5) is 13.0. The van der Waals surface area contributed by atoms with Gasteiger partial charge in [0.15, 0.2) is 5.03 Å². The minimum Gasteiger partial charge on any atom is -0.363 e. The molecule has 15 heteroatoms. The number of alkyl halides is 6. The summed E-state index contributed by atoms with van der Waals surface area (Å²) >= 11 is 0. The van der Waals surface area contributed by atoms with Crippen LogP contribution in [-0.2, 0) is 42.6 Å². The maximum Gasteiger partial charge on any atom is 0.399 e. The van der Waals surface area contributed by atoms with Crippen molar-refractivity contribution in [2.24, 2.45) is 0 Å². The third-order valence-corrected chi connectivity index (χ3v) is 4.70. The van der Waals surface area contributed by atoms with Crippen molar-refractivity contribution < 1.29 is 59.4 Å². The van der Waals surface area contributed by atoms with Crippen molar-refractivity contribution in [1.82, 2.24) is 15.0 Å². The third-order valence-electron chi connectivity index (χ3n) is 3.97. The Hall–Kier alpha value is -2.61. The van der Waals surface area contributed by atoms with Crippen LogP contribution in [0.4, 0.5) is 32.2 Å². The third kappa shape index (κ3) is 8.84. The maximum atomic E-state index is 12.7. The van der Waals surface area contributed by atoms with E-state index in [-0.39, 0.29) is 42.5 Å². The number of benzene rings is 1. The summed E-state index contributed by atoms with van der Waals surface area (Å²) in [6.07, 6.45) is -8.51. The van der Waals surface area contributed by atoms with E-state index >= 15 is 0 Å². The second-order valence-corrected chi connectivity index (χ2v) is 8.26. The quantitative estimate of drug-likeness (QED) is 0.184. The van der Waals surface area contributed by atoms with Crippen molar-refractivity contribution in [3.8, 4) is 11.3 Å². The van der Waals surface area contributed by atoms with Crippen LogP contribution in [0.3, 0.4) is 0 Å². The molecular weight excluding hydrogens is 683 g/mol. The molecule has 0 unspecified atom stereocenters. The molecule has 1 N–H and O–H groups in total. The Morgan fingerprint density at radius 3 is 2.06 bits per heavy atom. The van der Waals surface area contributed by atoms with E-state index in [4.69, 9.17) is 4.55 Å². The maximum absolute atomic E-state index is 12.7. The minimum atomic E-state index is -4.91. The smallest absolute Gasteiger partial charge is 0.363 e. The average Bonchev–Trinajstić information content (AvgIpc) is 2.72. The Morgan fingerprint density at radius 2 is 1.60 bits per heavy atom. The van der Waals surface area contributed by atoms with E-state index in [9.17, 15) is 34.8 Å². The molecule has 35 heavy (non-hydrogen) atoms. The summed E-state index contributed by atoms with van der Waals surface area (Å²) < 4.78 is 106. The van der Waals surface area contributed by atoms with Gasteiger partial charge in [-0.25, -0.2) is 9.97 Å². The Morgan fingerprint density at radius 1 is 0.971 bits per heavy atom. The topological polar surface area (TPSA) is 96.3 Å². The summed E-state index contributed by atoms with van der Waals surface area (Å²) in [6.45, 7) is 1.56. The molecule has 193 valence electrons. The first-order chi connectivity index (χ1) is 15.5. The molecule has 2 heterocycles. The Labute approximate surface area is 210 Å². The van der Waals surface area contributed by atoms with E-state index in [1.807, 2.05) is 6.07 Å². The first-order valence-electron chi connectivity index (χ1n) is 9.12. The van der Waals surface area contributed by atoms with E-state index in [1.54, 1.807) is 25.9 Å². The van der Waals surface area contributed by atoms with Crippen LogP contribution >= 0.6 is 0 Å². The average molecular weight is 700 g/mol. The van der Waals surface area contributed by atoms with Gasteiger partial charge in [0.2, 0.25) is 0 Å². The van der Waals surface area contributed by atoms with E-state index in [0.29, 0.717) is 17.7 Å². The number of halogens is 6. The molecule has 0 saturated heterocycles. The number of hydrogen-bond acceptors (Lipinski definition) is 6. The van der Waals surface area contributed by atoms with Gasteiger partial charge in [-0.3, -0.25) is 4.55 Å². The second-order valence-electron chi connectivity index (χ2n) is 6.89. The van der Waals surface area contributed by atoms with Crippen LogP contribution in [0.15, 0.2) is 47.6 Å². The van der Waals surface area contributed by atoms with Crippen LogP contribution in [0.25, 0.3) is 11.3 Å². The molecule has 1 aromatic carbocycles. The fourth-order valence-corrected chi connectivity index (χ4v) is 2.93.